The van der Waals surface area contributed by atoms with Crippen LogP contribution in [0.2, 0.25) is 0 Å². The summed E-state index contributed by atoms with van der Waals surface area (Å²) in [6.45, 7) is 3.73. The van der Waals surface area contributed by atoms with Crippen LogP contribution in [0.3, 0.4) is 0 Å². The van der Waals surface area contributed by atoms with Crippen LogP contribution in [0.5, 0.6) is 5.75 Å². The van der Waals surface area contributed by atoms with Crippen molar-refractivity contribution in [1.29, 1.82) is 0 Å². The Morgan fingerprint density at radius 1 is 1.25 bits per heavy atom. The number of nitrogens with zero attached hydrogens (tertiary/aromatic N) is 1. The van der Waals surface area contributed by atoms with Gasteiger partial charge in [-0.15, -0.1) is 11.3 Å². The molecular weight excluding hydrogens is 278 g/mol. The number of ketones is 1. The van der Waals surface area contributed by atoms with Gasteiger partial charge in [0.2, 0.25) is 5.78 Å². The minimum Gasteiger partial charge on any atom is -0.485 e. The van der Waals surface area contributed by atoms with Crippen LogP contribution < -0.4 is 4.74 Å². The van der Waals surface area contributed by atoms with Crippen molar-refractivity contribution >= 4 is 23.1 Å². The average Bonchev–Trinajstić information content (AvgIpc) is 2.84. The number of rotatable bonds is 5. The monoisotopic (exact) mass is 291 g/mol. The minimum atomic E-state index is -1.14. The molecule has 2 aromatic rings. The number of carbonyl (C=O) groups is 2. The highest BCUT2D eigenvalue weighted by Crippen LogP contribution is 2.17. The molecule has 0 saturated carbocycles. The van der Waals surface area contributed by atoms with Crippen LogP contribution in [-0.2, 0) is 0 Å². The van der Waals surface area contributed by atoms with E-state index in [0.29, 0.717) is 5.75 Å². The second-order valence-corrected chi connectivity index (χ2v) is 5.24. The molecule has 0 aliphatic rings. The molecule has 0 bridgehead atoms. The van der Waals surface area contributed by atoms with E-state index in [1.807, 2.05) is 32.0 Å². The molecule has 104 valence electrons. The maximum absolute atomic E-state index is 11.9. The topological polar surface area (TPSA) is 76.5 Å². The summed E-state index contributed by atoms with van der Waals surface area (Å²) in [5.41, 5.74) is 1.98. The summed E-state index contributed by atoms with van der Waals surface area (Å²) in [7, 11) is 0. The van der Waals surface area contributed by atoms with Gasteiger partial charge in [-0.1, -0.05) is 6.07 Å². The van der Waals surface area contributed by atoms with E-state index in [-0.39, 0.29) is 23.1 Å². The van der Waals surface area contributed by atoms with Crippen molar-refractivity contribution < 1.29 is 19.4 Å². The maximum Gasteiger partial charge on any atom is 0.355 e. The van der Waals surface area contributed by atoms with Gasteiger partial charge >= 0.3 is 5.97 Å². The van der Waals surface area contributed by atoms with Crippen molar-refractivity contribution in [2.24, 2.45) is 0 Å². The van der Waals surface area contributed by atoms with Gasteiger partial charge in [0.25, 0.3) is 0 Å². The van der Waals surface area contributed by atoms with E-state index in [9.17, 15) is 9.59 Å². The maximum atomic E-state index is 11.9. The fourth-order valence-electron chi connectivity index (χ4n) is 1.73. The smallest absolute Gasteiger partial charge is 0.355 e. The fraction of sp³-hybridized carbons (Fsp3) is 0.214. The number of hydrogen-bond acceptors (Lipinski definition) is 5. The van der Waals surface area contributed by atoms with E-state index in [4.69, 9.17) is 9.84 Å². The zero-order valence-electron chi connectivity index (χ0n) is 11.0. The van der Waals surface area contributed by atoms with Crippen molar-refractivity contribution in [1.82, 2.24) is 4.98 Å². The van der Waals surface area contributed by atoms with Gasteiger partial charge in [0.05, 0.1) is 0 Å². The van der Waals surface area contributed by atoms with Crippen LogP contribution >= 0.6 is 11.3 Å². The molecular formula is C14H13NO4S. The van der Waals surface area contributed by atoms with Crippen molar-refractivity contribution in [3.8, 4) is 5.75 Å². The number of carboxylic acid groups (broad SMARTS) is 1. The highest BCUT2D eigenvalue weighted by atomic mass is 32.1. The normalized spacial score (nSPS) is 10.3. The summed E-state index contributed by atoms with van der Waals surface area (Å²) in [4.78, 5) is 26.3. The molecule has 0 aliphatic heterocycles. The molecule has 1 N–H and O–H groups in total. The van der Waals surface area contributed by atoms with Crippen molar-refractivity contribution in [2.75, 3.05) is 6.61 Å². The zero-order chi connectivity index (χ0) is 14.7. The number of hydrogen-bond donors (Lipinski definition) is 1. The summed E-state index contributed by atoms with van der Waals surface area (Å²) in [5.74, 6) is -0.858. The molecule has 0 radical (unpaired) electrons. The molecule has 0 amide bonds. The molecule has 1 aromatic carbocycles. The van der Waals surface area contributed by atoms with E-state index in [0.717, 1.165) is 22.5 Å². The summed E-state index contributed by atoms with van der Waals surface area (Å²) >= 11 is 1.01. The third-order valence-electron chi connectivity index (χ3n) is 2.53. The molecule has 0 aliphatic carbocycles. The molecule has 0 atom stereocenters. The lowest BCUT2D eigenvalue weighted by molar-refractivity contribution is 0.0691. The molecule has 1 heterocycles. The largest absolute Gasteiger partial charge is 0.485 e. The number of aryl methyl sites for hydroxylation is 2. The third-order valence-corrected chi connectivity index (χ3v) is 3.41. The molecule has 5 nitrogen and oxygen atoms in total. The van der Waals surface area contributed by atoms with Crippen molar-refractivity contribution in [3.05, 3.63) is 45.4 Å². The predicted molar refractivity (Wildman–Crippen MR) is 74.8 cm³/mol. The van der Waals surface area contributed by atoms with Gasteiger partial charge in [-0.05, 0) is 37.1 Å². The van der Waals surface area contributed by atoms with Crippen LogP contribution in [-0.4, -0.2) is 28.4 Å². The first-order valence-corrected chi connectivity index (χ1v) is 6.77. The SMILES string of the molecule is Cc1cc(C)cc(OCC(=O)c2nc(C(=O)O)cs2)c1. The third kappa shape index (κ3) is 3.42. The van der Waals surface area contributed by atoms with Gasteiger partial charge in [0, 0.05) is 5.38 Å². The number of ether oxygens (including phenoxy) is 1. The number of carboxylic acids is 1. The highest BCUT2D eigenvalue weighted by molar-refractivity contribution is 7.12. The predicted octanol–water partition coefficient (Wildman–Crippen LogP) is 2.72. The van der Waals surface area contributed by atoms with Crippen molar-refractivity contribution in [3.63, 3.8) is 0 Å². The number of carbonyl (C=O) groups excluding carboxylic acids is 1. The van der Waals surface area contributed by atoms with E-state index in [1.54, 1.807) is 0 Å². The number of aromatic nitrogens is 1. The standard InChI is InChI=1S/C14H13NO4S/c1-8-3-9(2)5-10(4-8)19-6-12(16)13-15-11(7-20-13)14(17)18/h3-5,7H,6H2,1-2H3,(H,17,18). The van der Waals surface area contributed by atoms with E-state index >= 15 is 0 Å². The number of benzene rings is 1. The van der Waals surface area contributed by atoms with Gasteiger partial charge in [0.15, 0.2) is 17.3 Å². The molecule has 20 heavy (non-hydrogen) atoms. The van der Waals surface area contributed by atoms with E-state index in [1.165, 1.54) is 5.38 Å². The number of thiazole rings is 1. The summed E-state index contributed by atoms with van der Waals surface area (Å²) in [5, 5.41) is 10.2. The van der Waals surface area contributed by atoms with E-state index < -0.39 is 5.97 Å². The Hall–Kier alpha value is -2.21. The first kappa shape index (κ1) is 14.2. The Morgan fingerprint density at radius 2 is 1.90 bits per heavy atom. The Kier molecular flexibility index (Phi) is 4.14. The Morgan fingerprint density at radius 3 is 2.45 bits per heavy atom. The van der Waals surface area contributed by atoms with Gasteiger partial charge < -0.3 is 9.84 Å². The molecule has 0 unspecified atom stereocenters. The number of Topliss-reactive ketones (excluding diaryl/α,β-unsaturated/α-hetero) is 1. The second-order valence-electron chi connectivity index (χ2n) is 4.38. The quantitative estimate of drug-likeness (QED) is 0.857. The molecule has 0 saturated heterocycles. The molecule has 6 heteroatoms. The molecule has 0 spiro atoms. The summed E-state index contributed by atoms with van der Waals surface area (Å²) < 4.78 is 5.42. The van der Waals surface area contributed by atoms with Crippen LogP contribution in [0.4, 0.5) is 0 Å². The Balaban J connectivity index is 2.02. The Labute approximate surface area is 119 Å². The van der Waals surface area contributed by atoms with Crippen LogP contribution in [0.25, 0.3) is 0 Å². The lowest BCUT2D eigenvalue weighted by Gasteiger charge is -2.06. The Bertz CT molecular complexity index is 643. The van der Waals surface area contributed by atoms with Crippen LogP contribution in [0.15, 0.2) is 23.6 Å². The molecule has 2 rings (SSSR count). The molecule has 0 fully saturated rings. The van der Waals surface area contributed by atoms with Crippen molar-refractivity contribution in [2.45, 2.75) is 13.8 Å². The van der Waals surface area contributed by atoms with Gasteiger partial charge in [0.1, 0.15) is 5.75 Å². The lowest BCUT2D eigenvalue weighted by Crippen LogP contribution is -2.12. The fourth-order valence-corrected chi connectivity index (χ4v) is 2.45. The lowest BCUT2D eigenvalue weighted by atomic mass is 10.1. The number of aromatic carboxylic acids is 1. The van der Waals surface area contributed by atoms with Gasteiger partial charge in [-0.25, -0.2) is 9.78 Å². The van der Waals surface area contributed by atoms with E-state index in [2.05, 4.69) is 4.98 Å². The zero-order valence-corrected chi connectivity index (χ0v) is 11.9. The molecule has 1 aromatic heterocycles. The van der Waals surface area contributed by atoms with Crippen LogP contribution in [0.1, 0.15) is 31.4 Å². The minimum absolute atomic E-state index is 0.121. The first-order valence-electron chi connectivity index (χ1n) is 5.89. The van der Waals surface area contributed by atoms with Gasteiger partial charge in [-0.3, -0.25) is 4.79 Å². The first-order chi connectivity index (χ1) is 9.45. The highest BCUT2D eigenvalue weighted by Gasteiger charge is 2.15. The summed E-state index contributed by atoms with van der Waals surface area (Å²) in [6, 6.07) is 5.68. The van der Waals surface area contributed by atoms with Crippen LogP contribution in [0, 0.1) is 13.8 Å². The second kappa shape index (κ2) is 5.83. The summed E-state index contributed by atoms with van der Waals surface area (Å²) in [6.07, 6.45) is 0. The average molecular weight is 291 g/mol. The van der Waals surface area contributed by atoms with Gasteiger partial charge in [-0.2, -0.15) is 0 Å².